The molecule has 0 radical (unpaired) electrons. The first-order valence-corrected chi connectivity index (χ1v) is 7.40. The summed E-state index contributed by atoms with van der Waals surface area (Å²) in [6, 6.07) is 8.00. The Morgan fingerprint density at radius 3 is 2.73 bits per heavy atom. The van der Waals surface area contributed by atoms with Gasteiger partial charge in [0.15, 0.2) is 0 Å². The Morgan fingerprint density at radius 1 is 1.41 bits per heavy atom. The fourth-order valence-electron chi connectivity index (χ4n) is 2.33. The highest BCUT2D eigenvalue weighted by molar-refractivity contribution is 5.74. The minimum Gasteiger partial charge on any atom is -0.384 e. The molecule has 0 aliphatic carbocycles. The zero-order valence-electron chi connectivity index (χ0n) is 13.5. The Morgan fingerprint density at radius 2 is 2.14 bits per heavy atom. The quantitative estimate of drug-likeness (QED) is 0.891. The minimum atomic E-state index is -0.839. The van der Waals surface area contributed by atoms with Crippen LogP contribution in [0.4, 0.5) is 0 Å². The molecule has 5 heteroatoms. The molecule has 0 bridgehead atoms. The van der Waals surface area contributed by atoms with E-state index in [0.717, 1.165) is 11.1 Å². The first-order valence-electron chi connectivity index (χ1n) is 7.40. The average Bonchev–Trinajstić information content (AvgIpc) is 2.99. The summed E-state index contributed by atoms with van der Waals surface area (Å²) >= 11 is 0. The summed E-state index contributed by atoms with van der Waals surface area (Å²) in [5.41, 5.74) is 2.06. The van der Waals surface area contributed by atoms with E-state index in [4.69, 9.17) is 4.74 Å². The second kappa shape index (κ2) is 6.85. The normalized spacial score (nSPS) is 14.1. The van der Waals surface area contributed by atoms with Gasteiger partial charge in [0.05, 0.1) is 11.3 Å². The maximum absolute atomic E-state index is 10.8. The predicted octanol–water partition coefficient (Wildman–Crippen LogP) is 2.76. The van der Waals surface area contributed by atoms with Crippen molar-refractivity contribution in [2.75, 3.05) is 6.61 Å². The molecule has 0 saturated carbocycles. The Labute approximate surface area is 131 Å². The highest BCUT2D eigenvalue weighted by atomic mass is 16.5. The molecule has 5 nitrogen and oxygen atoms in total. The Kier molecular flexibility index (Phi) is 5.11. The molecule has 0 spiro atoms. The molecule has 2 rings (SSSR count). The van der Waals surface area contributed by atoms with Crippen molar-refractivity contribution in [3.8, 4) is 0 Å². The van der Waals surface area contributed by atoms with Gasteiger partial charge in [0.2, 0.25) is 0 Å². The number of hydrogen-bond donors (Lipinski definition) is 1. The number of nitrogens with zero attached hydrogens (tertiary/aromatic N) is 3. The van der Waals surface area contributed by atoms with Gasteiger partial charge in [-0.1, -0.05) is 24.3 Å². The largest absolute Gasteiger partial charge is 0.384 e. The van der Waals surface area contributed by atoms with E-state index in [1.54, 1.807) is 11.0 Å². The van der Waals surface area contributed by atoms with E-state index in [1.165, 1.54) is 6.33 Å². The molecule has 1 unspecified atom stereocenters. The molecule has 1 atom stereocenters. The van der Waals surface area contributed by atoms with Gasteiger partial charge in [-0.25, -0.2) is 9.67 Å². The van der Waals surface area contributed by atoms with Crippen molar-refractivity contribution in [3.63, 3.8) is 0 Å². The number of hydrogen-bond acceptors (Lipinski definition) is 4. The van der Waals surface area contributed by atoms with E-state index in [0.29, 0.717) is 12.3 Å². The molecule has 0 saturated heterocycles. The van der Waals surface area contributed by atoms with E-state index in [9.17, 15) is 5.11 Å². The van der Waals surface area contributed by atoms with Crippen molar-refractivity contribution in [1.82, 2.24) is 14.8 Å². The predicted molar refractivity (Wildman–Crippen MR) is 87.1 cm³/mol. The third-order valence-electron chi connectivity index (χ3n) is 3.63. The van der Waals surface area contributed by atoms with Gasteiger partial charge in [0.25, 0.3) is 0 Å². The summed E-state index contributed by atoms with van der Waals surface area (Å²) in [5.74, 6) is 0. The van der Waals surface area contributed by atoms with Gasteiger partial charge >= 0.3 is 0 Å². The van der Waals surface area contributed by atoms with Gasteiger partial charge in [-0.2, -0.15) is 5.10 Å². The van der Waals surface area contributed by atoms with Crippen LogP contribution in [-0.4, -0.2) is 38.2 Å². The summed E-state index contributed by atoms with van der Waals surface area (Å²) in [6.07, 6.45) is 4.12. The fraction of sp³-hybridized carbons (Fsp3) is 0.412. The highest BCUT2D eigenvalue weighted by Crippen LogP contribution is 2.26. The second-order valence-electron chi connectivity index (χ2n) is 5.70. The van der Waals surface area contributed by atoms with Crippen LogP contribution in [-0.2, 0) is 4.74 Å². The summed E-state index contributed by atoms with van der Waals surface area (Å²) in [4.78, 5) is 3.98. The minimum absolute atomic E-state index is 0.527. The van der Waals surface area contributed by atoms with Gasteiger partial charge < -0.3 is 9.84 Å². The van der Waals surface area contributed by atoms with Crippen LogP contribution in [0.5, 0.6) is 0 Å². The van der Waals surface area contributed by atoms with Crippen molar-refractivity contribution in [2.24, 2.45) is 0 Å². The molecule has 22 heavy (non-hydrogen) atoms. The molecular formula is C17H23N3O2. The number of rotatable bonds is 6. The van der Waals surface area contributed by atoms with E-state index in [2.05, 4.69) is 10.1 Å². The fourth-order valence-corrected chi connectivity index (χ4v) is 2.33. The van der Waals surface area contributed by atoms with E-state index in [1.807, 2.05) is 58.0 Å². The number of benzene rings is 1. The zero-order valence-corrected chi connectivity index (χ0v) is 13.5. The number of aliphatic hydroxyl groups is 1. The molecule has 1 aromatic heterocycles. The van der Waals surface area contributed by atoms with Crippen LogP contribution in [0, 0.1) is 6.92 Å². The van der Waals surface area contributed by atoms with Crippen LogP contribution in [0.3, 0.4) is 0 Å². The Bertz CT molecular complexity index is 633. The molecular weight excluding hydrogens is 278 g/mol. The van der Waals surface area contributed by atoms with Crippen molar-refractivity contribution >= 4 is 11.8 Å². The summed E-state index contributed by atoms with van der Waals surface area (Å²) < 4.78 is 7.27. The topological polar surface area (TPSA) is 60.2 Å². The van der Waals surface area contributed by atoms with Crippen LogP contribution < -0.4 is 0 Å². The monoisotopic (exact) mass is 301 g/mol. The van der Waals surface area contributed by atoms with Gasteiger partial charge in [0.1, 0.15) is 18.8 Å². The first-order chi connectivity index (χ1) is 10.5. The van der Waals surface area contributed by atoms with Crippen LogP contribution in [0.1, 0.15) is 31.9 Å². The lowest BCUT2D eigenvalue weighted by Crippen LogP contribution is -2.41. The Hall–Kier alpha value is -1.98. The van der Waals surface area contributed by atoms with Gasteiger partial charge in [0, 0.05) is 6.61 Å². The van der Waals surface area contributed by atoms with Crippen molar-refractivity contribution in [1.29, 1.82) is 0 Å². The van der Waals surface area contributed by atoms with Gasteiger partial charge in [-0.15, -0.1) is 0 Å². The lowest BCUT2D eigenvalue weighted by Gasteiger charge is -2.31. The van der Waals surface area contributed by atoms with Crippen molar-refractivity contribution in [2.45, 2.75) is 39.4 Å². The first kappa shape index (κ1) is 16.4. The summed E-state index contributed by atoms with van der Waals surface area (Å²) in [5, 5.41) is 15.0. The zero-order chi connectivity index (χ0) is 16.2. The van der Waals surface area contributed by atoms with Crippen LogP contribution in [0.15, 0.2) is 36.9 Å². The summed E-state index contributed by atoms with van der Waals surface area (Å²) in [6.45, 7) is 8.20. The van der Waals surface area contributed by atoms with Gasteiger partial charge in [-0.3, -0.25) is 0 Å². The number of ether oxygens (including phenoxy) is 1. The molecule has 1 N–H and O–H groups in total. The lowest BCUT2D eigenvalue weighted by molar-refractivity contribution is -0.0753. The van der Waals surface area contributed by atoms with Crippen LogP contribution in [0.2, 0.25) is 0 Å². The molecule has 1 aromatic carbocycles. The van der Waals surface area contributed by atoms with Crippen LogP contribution in [0.25, 0.3) is 11.8 Å². The highest BCUT2D eigenvalue weighted by Gasteiger charge is 2.32. The SMILES string of the molecule is CCOC(C)(C)C(O)/C(=C/c1ccccc1C)n1cncn1. The average molecular weight is 301 g/mol. The van der Waals surface area contributed by atoms with Crippen molar-refractivity contribution in [3.05, 3.63) is 48.0 Å². The number of aliphatic hydroxyl groups excluding tert-OH is 1. The Balaban J connectivity index is 2.47. The van der Waals surface area contributed by atoms with Crippen LogP contribution >= 0.6 is 0 Å². The second-order valence-corrected chi connectivity index (χ2v) is 5.70. The smallest absolute Gasteiger partial charge is 0.138 e. The third-order valence-corrected chi connectivity index (χ3v) is 3.63. The van der Waals surface area contributed by atoms with E-state index < -0.39 is 11.7 Å². The van der Waals surface area contributed by atoms with E-state index in [-0.39, 0.29) is 0 Å². The molecule has 0 fully saturated rings. The van der Waals surface area contributed by atoms with Crippen molar-refractivity contribution < 1.29 is 9.84 Å². The number of aromatic nitrogens is 3. The molecule has 118 valence electrons. The maximum atomic E-state index is 10.8. The molecule has 0 aliphatic heterocycles. The molecule has 2 aromatic rings. The number of aryl methyl sites for hydroxylation is 1. The third kappa shape index (κ3) is 3.61. The molecule has 1 heterocycles. The maximum Gasteiger partial charge on any atom is 0.138 e. The molecule has 0 amide bonds. The van der Waals surface area contributed by atoms with E-state index >= 15 is 0 Å². The summed E-state index contributed by atoms with van der Waals surface area (Å²) in [7, 11) is 0. The standard InChI is InChI=1S/C17H23N3O2/c1-5-22-17(3,4)16(21)15(20-12-18-11-19-20)10-14-9-7-6-8-13(14)2/h6-12,16,21H,5H2,1-4H3/b15-10-. The lowest BCUT2D eigenvalue weighted by atomic mass is 9.96. The molecule has 0 aliphatic rings. The van der Waals surface area contributed by atoms with Gasteiger partial charge in [-0.05, 0) is 44.9 Å².